The zero-order valence-electron chi connectivity index (χ0n) is 9.65. The fourth-order valence-corrected chi connectivity index (χ4v) is 2.09. The average molecular weight is 245 g/mol. The van der Waals surface area contributed by atoms with E-state index in [1.165, 1.54) is 18.4 Å². The highest BCUT2D eigenvalue weighted by molar-refractivity contribution is 6.29. The monoisotopic (exact) mass is 244 g/mol. The molecule has 1 aromatic heterocycles. The number of hydrogen-bond donors (Lipinski definition) is 0. The molecule has 0 unspecified atom stereocenters. The molecule has 0 saturated heterocycles. The number of rotatable bonds is 2. The van der Waals surface area contributed by atoms with Gasteiger partial charge in [-0.3, -0.25) is 0 Å². The van der Waals surface area contributed by atoms with E-state index >= 15 is 0 Å². The first-order chi connectivity index (χ1) is 8.17. The normalized spacial score (nSPS) is 16.8. The number of halogens is 1. The van der Waals surface area contributed by atoms with Crippen LogP contribution in [0, 0.1) is 0 Å². The maximum absolute atomic E-state index is 5.72. The Morgan fingerprint density at radius 1 is 1.00 bits per heavy atom. The third kappa shape index (κ3) is 2.05. The third-order valence-electron chi connectivity index (χ3n) is 3.51. The summed E-state index contributed by atoms with van der Waals surface area (Å²) in [5.41, 5.74) is 3.79. The van der Waals surface area contributed by atoms with Crippen molar-refractivity contribution >= 4 is 11.6 Å². The fraction of sp³-hybridized carbons (Fsp3) is 0.286. The van der Waals surface area contributed by atoms with Gasteiger partial charge < -0.3 is 0 Å². The zero-order chi connectivity index (χ0) is 11.9. The predicted octanol–water partition coefficient (Wildman–Crippen LogP) is 3.85. The molecule has 0 N–H and O–H groups in total. The molecule has 1 saturated carbocycles. The zero-order valence-corrected chi connectivity index (χ0v) is 10.4. The highest BCUT2D eigenvalue weighted by atomic mass is 35.5. The van der Waals surface area contributed by atoms with Crippen LogP contribution in [0.15, 0.2) is 36.4 Å². The second kappa shape index (κ2) is 3.81. The smallest absolute Gasteiger partial charge is 0.149 e. The lowest BCUT2D eigenvalue weighted by Gasteiger charge is -2.09. The summed E-state index contributed by atoms with van der Waals surface area (Å²) in [6.07, 6.45) is 2.60. The second-order valence-corrected chi connectivity index (χ2v) is 5.27. The molecule has 1 aromatic carbocycles. The van der Waals surface area contributed by atoms with Crippen LogP contribution < -0.4 is 0 Å². The van der Waals surface area contributed by atoms with E-state index in [1.807, 2.05) is 6.07 Å². The van der Waals surface area contributed by atoms with Crippen LogP contribution >= 0.6 is 11.6 Å². The Kier molecular flexibility index (Phi) is 2.40. The lowest BCUT2D eigenvalue weighted by Crippen LogP contribution is -1.98. The molecule has 17 heavy (non-hydrogen) atoms. The molecule has 1 aliphatic rings. The maximum Gasteiger partial charge on any atom is 0.151 e. The van der Waals surface area contributed by atoms with Gasteiger partial charge in [-0.1, -0.05) is 42.8 Å². The molecule has 0 amide bonds. The van der Waals surface area contributed by atoms with Crippen LogP contribution in [0.3, 0.4) is 0 Å². The van der Waals surface area contributed by atoms with Crippen molar-refractivity contribution in [3.63, 3.8) is 0 Å². The summed E-state index contributed by atoms with van der Waals surface area (Å²) in [5.74, 6) is 0. The van der Waals surface area contributed by atoms with Crippen LogP contribution in [0.1, 0.15) is 25.3 Å². The van der Waals surface area contributed by atoms with Crippen molar-refractivity contribution in [2.75, 3.05) is 0 Å². The summed E-state index contributed by atoms with van der Waals surface area (Å²) in [7, 11) is 0. The average Bonchev–Trinajstić information content (AvgIpc) is 3.10. The van der Waals surface area contributed by atoms with Crippen LogP contribution in [0.5, 0.6) is 0 Å². The molecule has 1 fully saturated rings. The molecule has 0 atom stereocenters. The summed E-state index contributed by atoms with van der Waals surface area (Å²) in [4.78, 5) is 0. The Labute approximate surface area is 106 Å². The Morgan fingerprint density at radius 3 is 2.24 bits per heavy atom. The Hall–Kier alpha value is -1.41. The van der Waals surface area contributed by atoms with Gasteiger partial charge in [-0.15, -0.1) is 10.2 Å². The molecule has 3 rings (SSSR count). The largest absolute Gasteiger partial charge is 0.151 e. The van der Waals surface area contributed by atoms with Crippen molar-refractivity contribution in [2.45, 2.75) is 25.2 Å². The molecular formula is C14H13ClN2. The van der Waals surface area contributed by atoms with Gasteiger partial charge in [-0.2, -0.15) is 0 Å². The van der Waals surface area contributed by atoms with Gasteiger partial charge in [0, 0.05) is 5.56 Å². The van der Waals surface area contributed by atoms with Gasteiger partial charge in [0.25, 0.3) is 0 Å². The summed E-state index contributed by atoms with van der Waals surface area (Å²) in [6.45, 7) is 2.31. The lowest BCUT2D eigenvalue weighted by atomic mass is 9.97. The van der Waals surface area contributed by atoms with Crippen molar-refractivity contribution in [1.29, 1.82) is 0 Å². The fourth-order valence-electron chi connectivity index (χ4n) is 1.99. The summed E-state index contributed by atoms with van der Waals surface area (Å²) >= 11 is 5.72. The number of nitrogens with zero attached hydrogens (tertiary/aromatic N) is 2. The van der Waals surface area contributed by atoms with Gasteiger partial charge in [-0.25, -0.2) is 0 Å². The Balaban J connectivity index is 1.91. The first-order valence-corrected chi connectivity index (χ1v) is 6.15. The van der Waals surface area contributed by atoms with E-state index in [0.717, 1.165) is 11.3 Å². The van der Waals surface area contributed by atoms with Gasteiger partial charge in [0.05, 0.1) is 5.69 Å². The van der Waals surface area contributed by atoms with E-state index in [4.69, 9.17) is 11.6 Å². The minimum atomic E-state index is 0.421. The molecular weight excluding hydrogens is 232 g/mol. The second-order valence-electron chi connectivity index (χ2n) is 4.88. The molecule has 3 heteroatoms. The summed E-state index contributed by atoms with van der Waals surface area (Å²) < 4.78 is 0. The van der Waals surface area contributed by atoms with Crippen LogP contribution in [0.25, 0.3) is 11.3 Å². The molecule has 1 heterocycles. The van der Waals surface area contributed by atoms with Crippen LogP contribution in [-0.2, 0) is 5.41 Å². The van der Waals surface area contributed by atoms with Crippen LogP contribution in [-0.4, -0.2) is 10.2 Å². The predicted molar refractivity (Wildman–Crippen MR) is 69.1 cm³/mol. The van der Waals surface area contributed by atoms with Crippen molar-refractivity contribution in [3.8, 4) is 11.3 Å². The highest BCUT2D eigenvalue weighted by Gasteiger charge is 2.38. The SMILES string of the molecule is CC1(c2ccc(-c3ccc(Cl)nn3)cc2)CC1. The standard InChI is InChI=1S/C14H13ClN2/c1-14(8-9-14)11-4-2-10(3-5-11)12-6-7-13(15)17-16-12/h2-7H,8-9H2,1H3. The topological polar surface area (TPSA) is 25.8 Å². The molecule has 2 nitrogen and oxygen atoms in total. The van der Waals surface area contributed by atoms with E-state index < -0.39 is 0 Å². The number of hydrogen-bond acceptors (Lipinski definition) is 2. The molecule has 0 aliphatic heterocycles. The Morgan fingerprint density at radius 2 is 1.71 bits per heavy atom. The van der Waals surface area contributed by atoms with E-state index in [2.05, 4.69) is 41.4 Å². The maximum atomic E-state index is 5.72. The molecule has 0 bridgehead atoms. The molecule has 1 aliphatic carbocycles. The van der Waals surface area contributed by atoms with Crippen molar-refractivity contribution in [1.82, 2.24) is 10.2 Å². The van der Waals surface area contributed by atoms with E-state index in [1.54, 1.807) is 6.07 Å². The Bertz CT molecular complexity index is 527. The highest BCUT2D eigenvalue weighted by Crippen LogP contribution is 2.47. The molecule has 2 aromatic rings. The van der Waals surface area contributed by atoms with Crippen LogP contribution in [0.4, 0.5) is 0 Å². The van der Waals surface area contributed by atoms with E-state index in [0.29, 0.717) is 10.6 Å². The van der Waals surface area contributed by atoms with E-state index in [-0.39, 0.29) is 0 Å². The number of benzene rings is 1. The summed E-state index contributed by atoms with van der Waals surface area (Å²) in [5, 5.41) is 8.36. The van der Waals surface area contributed by atoms with Gasteiger partial charge in [0.2, 0.25) is 0 Å². The quantitative estimate of drug-likeness (QED) is 0.802. The van der Waals surface area contributed by atoms with Gasteiger partial charge in [0.1, 0.15) is 0 Å². The minimum Gasteiger partial charge on any atom is -0.149 e. The lowest BCUT2D eigenvalue weighted by molar-refractivity contribution is 0.788. The van der Waals surface area contributed by atoms with Crippen molar-refractivity contribution in [2.24, 2.45) is 0 Å². The van der Waals surface area contributed by atoms with Crippen molar-refractivity contribution in [3.05, 3.63) is 47.1 Å². The first-order valence-electron chi connectivity index (χ1n) is 5.78. The van der Waals surface area contributed by atoms with E-state index in [9.17, 15) is 0 Å². The van der Waals surface area contributed by atoms with Crippen molar-refractivity contribution < 1.29 is 0 Å². The molecule has 86 valence electrons. The number of aromatic nitrogens is 2. The van der Waals surface area contributed by atoms with Gasteiger partial charge in [-0.05, 0) is 36.0 Å². The summed E-state index contributed by atoms with van der Waals surface area (Å²) in [6, 6.07) is 12.3. The van der Waals surface area contributed by atoms with Crippen LogP contribution in [0.2, 0.25) is 5.15 Å². The minimum absolute atomic E-state index is 0.421. The first kappa shape index (κ1) is 10.7. The molecule has 0 radical (unpaired) electrons. The third-order valence-corrected chi connectivity index (χ3v) is 3.71. The van der Waals surface area contributed by atoms with Gasteiger partial charge in [0.15, 0.2) is 5.15 Å². The van der Waals surface area contributed by atoms with Gasteiger partial charge >= 0.3 is 0 Å². The molecule has 0 spiro atoms.